The van der Waals surface area contributed by atoms with Crippen molar-refractivity contribution >= 4 is 60.9 Å². The van der Waals surface area contributed by atoms with Crippen molar-refractivity contribution in [2.45, 2.75) is 0 Å². The summed E-state index contributed by atoms with van der Waals surface area (Å²) in [6, 6.07) is 57.1. The first-order valence-corrected chi connectivity index (χ1v) is 15.2. The van der Waals surface area contributed by atoms with Crippen molar-refractivity contribution in [1.29, 1.82) is 0 Å². The first-order chi connectivity index (χ1) is 22.3. The molecule has 0 aliphatic rings. The van der Waals surface area contributed by atoms with E-state index in [0.717, 1.165) is 72.1 Å². The lowest BCUT2D eigenvalue weighted by Gasteiger charge is -2.28. The molecule has 0 aliphatic carbocycles. The van der Waals surface area contributed by atoms with Gasteiger partial charge in [-0.2, -0.15) is 0 Å². The van der Waals surface area contributed by atoms with Gasteiger partial charge in [0.25, 0.3) is 0 Å². The van der Waals surface area contributed by atoms with Crippen molar-refractivity contribution in [2.24, 2.45) is 0 Å². The Morgan fingerprint density at radius 2 is 0.889 bits per heavy atom. The number of nitrogens with zero attached hydrogens (tertiary/aromatic N) is 1. The molecule has 7 aromatic carbocycles. The number of benzene rings is 7. The highest BCUT2D eigenvalue weighted by Gasteiger charge is 2.24. The number of hydrogen-bond donors (Lipinski definition) is 0. The van der Waals surface area contributed by atoms with Crippen LogP contribution >= 0.6 is 0 Å². The van der Waals surface area contributed by atoms with E-state index in [1.807, 2.05) is 30.3 Å². The highest BCUT2D eigenvalue weighted by molar-refractivity contribution is 6.27. The molecule has 3 nitrogen and oxygen atoms in total. The van der Waals surface area contributed by atoms with E-state index in [2.05, 4.69) is 138 Å². The Morgan fingerprint density at radius 1 is 0.356 bits per heavy atom. The third-order valence-corrected chi connectivity index (χ3v) is 8.67. The second-order valence-corrected chi connectivity index (χ2v) is 11.3. The van der Waals surface area contributed by atoms with Crippen molar-refractivity contribution in [3.8, 4) is 22.3 Å². The minimum absolute atomic E-state index is 0.842. The molecule has 0 saturated heterocycles. The van der Waals surface area contributed by atoms with E-state index >= 15 is 0 Å². The average molecular weight is 578 g/mol. The normalized spacial score (nSPS) is 11.6. The zero-order valence-electron chi connectivity index (χ0n) is 24.4. The summed E-state index contributed by atoms with van der Waals surface area (Å²) < 4.78 is 13.2. The van der Waals surface area contributed by atoms with Crippen molar-refractivity contribution in [2.75, 3.05) is 4.90 Å². The maximum atomic E-state index is 6.87. The molecule has 0 unspecified atom stereocenters. The Morgan fingerprint density at radius 3 is 1.58 bits per heavy atom. The molecule has 0 fully saturated rings. The van der Waals surface area contributed by atoms with Gasteiger partial charge in [0.05, 0.1) is 5.69 Å². The molecule has 9 aromatic rings. The van der Waals surface area contributed by atoms with E-state index in [0.29, 0.717) is 0 Å². The number of rotatable bonds is 5. The van der Waals surface area contributed by atoms with Gasteiger partial charge in [-0.25, -0.2) is 0 Å². The summed E-state index contributed by atoms with van der Waals surface area (Å²) in [5, 5.41) is 4.32. The summed E-state index contributed by atoms with van der Waals surface area (Å²) in [6.45, 7) is 0. The lowest BCUT2D eigenvalue weighted by atomic mass is 9.95. The first kappa shape index (κ1) is 25.4. The Bertz CT molecular complexity index is 2420. The molecule has 3 heteroatoms. The molecule has 0 atom stereocenters. The topological polar surface area (TPSA) is 29.5 Å². The zero-order chi connectivity index (χ0) is 29.7. The smallest absolute Gasteiger partial charge is 0.145 e. The fraction of sp³-hybridized carbons (Fsp3) is 0. The largest absolute Gasteiger partial charge is 0.456 e. The van der Waals surface area contributed by atoms with Crippen LogP contribution in [0.4, 0.5) is 17.1 Å². The molecule has 45 heavy (non-hydrogen) atoms. The van der Waals surface area contributed by atoms with Gasteiger partial charge >= 0.3 is 0 Å². The van der Waals surface area contributed by atoms with Crippen molar-refractivity contribution in [3.63, 3.8) is 0 Å². The molecule has 2 aromatic heterocycles. The van der Waals surface area contributed by atoms with Gasteiger partial charge in [0.1, 0.15) is 22.3 Å². The van der Waals surface area contributed by atoms with E-state index in [-0.39, 0.29) is 0 Å². The molecule has 212 valence electrons. The van der Waals surface area contributed by atoms with Crippen LogP contribution in [0.2, 0.25) is 0 Å². The summed E-state index contributed by atoms with van der Waals surface area (Å²) in [6.07, 6.45) is 0. The number of hydrogen-bond acceptors (Lipinski definition) is 3. The summed E-state index contributed by atoms with van der Waals surface area (Å²) in [5.41, 5.74) is 11.1. The molecular weight excluding hydrogens is 550 g/mol. The van der Waals surface area contributed by atoms with Gasteiger partial charge in [0, 0.05) is 38.5 Å². The lowest BCUT2D eigenvalue weighted by Crippen LogP contribution is -2.11. The third kappa shape index (κ3) is 4.13. The lowest BCUT2D eigenvalue weighted by molar-refractivity contribution is 0.663. The van der Waals surface area contributed by atoms with Crippen molar-refractivity contribution < 1.29 is 8.83 Å². The molecule has 0 bridgehead atoms. The standard InChI is InChI=1S/C42H27NO2/c1-4-12-28(13-5-1)29-20-22-30(23-21-29)39-35(43(31-14-6-2-7-15-31)32-16-8-3-9-17-32)25-24-34-41-38(45-42(34)39)27-26-37-40(41)33-18-10-11-19-36(33)44-37/h1-27H. The number of furan rings is 2. The van der Waals surface area contributed by atoms with Gasteiger partial charge in [-0.3, -0.25) is 0 Å². The first-order valence-electron chi connectivity index (χ1n) is 15.2. The molecular formula is C42H27NO2. The van der Waals surface area contributed by atoms with E-state index in [9.17, 15) is 0 Å². The quantitative estimate of drug-likeness (QED) is 0.204. The zero-order valence-corrected chi connectivity index (χ0v) is 24.4. The molecule has 0 N–H and O–H groups in total. The predicted molar refractivity (Wildman–Crippen MR) is 187 cm³/mol. The van der Waals surface area contributed by atoms with E-state index < -0.39 is 0 Å². The summed E-state index contributed by atoms with van der Waals surface area (Å²) in [7, 11) is 0. The van der Waals surface area contributed by atoms with Crippen LogP contribution in [0.15, 0.2) is 173 Å². The molecule has 0 saturated carbocycles. The Labute approximate surface area is 260 Å². The van der Waals surface area contributed by atoms with Crippen molar-refractivity contribution in [3.05, 3.63) is 164 Å². The van der Waals surface area contributed by atoms with Crippen LogP contribution in [0.25, 0.3) is 66.1 Å². The van der Waals surface area contributed by atoms with Gasteiger partial charge in [-0.15, -0.1) is 0 Å². The van der Waals surface area contributed by atoms with Gasteiger partial charge < -0.3 is 13.7 Å². The maximum Gasteiger partial charge on any atom is 0.145 e. The van der Waals surface area contributed by atoms with Crippen LogP contribution < -0.4 is 4.90 Å². The molecule has 0 radical (unpaired) electrons. The Hall–Kier alpha value is -6.06. The van der Waals surface area contributed by atoms with Crippen molar-refractivity contribution in [1.82, 2.24) is 0 Å². The maximum absolute atomic E-state index is 6.87. The number of para-hydroxylation sites is 3. The van der Waals surface area contributed by atoms with Crippen LogP contribution in [0, 0.1) is 0 Å². The summed E-state index contributed by atoms with van der Waals surface area (Å²) >= 11 is 0. The minimum atomic E-state index is 0.842. The molecule has 0 spiro atoms. The molecule has 0 amide bonds. The Kier molecular flexibility index (Phi) is 5.82. The van der Waals surface area contributed by atoms with Crippen LogP contribution in [0.1, 0.15) is 0 Å². The monoisotopic (exact) mass is 577 g/mol. The van der Waals surface area contributed by atoms with Crippen LogP contribution in [-0.2, 0) is 0 Å². The van der Waals surface area contributed by atoms with Crippen LogP contribution in [0.3, 0.4) is 0 Å². The minimum Gasteiger partial charge on any atom is -0.456 e. The van der Waals surface area contributed by atoms with Gasteiger partial charge in [0.2, 0.25) is 0 Å². The average Bonchev–Trinajstić information content (AvgIpc) is 3.68. The van der Waals surface area contributed by atoms with Crippen LogP contribution in [-0.4, -0.2) is 0 Å². The fourth-order valence-electron chi connectivity index (χ4n) is 6.64. The number of anilines is 3. The second-order valence-electron chi connectivity index (χ2n) is 11.3. The Balaban J connectivity index is 1.37. The number of fused-ring (bicyclic) bond motifs is 7. The van der Waals surface area contributed by atoms with Crippen LogP contribution in [0.5, 0.6) is 0 Å². The van der Waals surface area contributed by atoms with E-state index in [4.69, 9.17) is 8.83 Å². The van der Waals surface area contributed by atoms with Gasteiger partial charge in [-0.1, -0.05) is 109 Å². The van der Waals surface area contributed by atoms with E-state index in [1.54, 1.807) is 0 Å². The fourth-order valence-corrected chi connectivity index (χ4v) is 6.64. The second kappa shape index (κ2) is 10.3. The SMILES string of the molecule is c1ccc(-c2ccc(-c3c(N(c4ccccc4)c4ccccc4)ccc4c3oc3ccc5oc6ccccc6c5c34)cc2)cc1. The van der Waals surface area contributed by atoms with Gasteiger partial charge in [0.15, 0.2) is 0 Å². The van der Waals surface area contributed by atoms with E-state index in [1.165, 1.54) is 11.1 Å². The highest BCUT2D eigenvalue weighted by atomic mass is 16.3. The van der Waals surface area contributed by atoms with Gasteiger partial charge in [-0.05, 0) is 71.3 Å². The molecule has 0 aliphatic heterocycles. The molecule has 2 heterocycles. The summed E-state index contributed by atoms with van der Waals surface area (Å²) in [5.74, 6) is 0. The molecule has 9 rings (SSSR count). The third-order valence-electron chi connectivity index (χ3n) is 8.67. The summed E-state index contributed by atoms with van der Waals surface area (Å²) in [4.78, 5) is 2.32. The predicted octanol–water partition coefficient (Wildman–Crippen LogP) is 12.3. The highest BCUT2D eigenvalue weighted by Crippen LogP contribution is 2.48.